The SMILES string of the molecule is CC(C)[C@H]1CCCN(C)C1. The molecule has 1 nitrogen and oxygen atoms in total. The Balaban J connectivity index is 2.32. The van der Waals surface area contributed by atoms with Crippen LogP contribution in [0, 0.1) is 11.8 Å². The monoisotopic (exact) mass is 141 g/mol. The Morgan fingerprint density at radius 2 is 2.10 bits per heavy atom. The van der Waals surface area contributed by atoms with Crippen LogP contribution in [0.1, 0.15) is 26.7 Å². The van der Waals surface area contributed by atoms with Crippen molar-refractivity contribution < 1.29 is 0 Å². The first-order valence-electron chi connectivity index (χ1n) is 4.38. The molecule has 0 unspecified atom stereocenters. The van der Waals surface area contributed by atoms with Gasteiger partial charge in [-0.2, -0.15) is 0 Å². The fraction of sp³-hybridized carbons (Fsp3) is 1.00. The molecular weight excluding hydrogens is 122 g/mol. The standard InChI is InChI=1S/C9H19N/c1-8(2)9-5-4-6-10(3)7-9/h8-9H,4-7H2,1-3H3/t9-/m0/s1. The summed E-state index contributed by atoms with van der Waals surface area (Å²) in [4.78, 5) is 2.45. The number of nitrogens with zero attached hydrogens (tertiary/aromatic N) is 1. The van der Waals surface area contributed by atoms with Gasteiger partial charge in [0.15, 0.2) is 0 Å². The maximum atomic E-state index is 2.45. The van der Waals surface area contributed by atoms with E-state index < -0.39 is 0 Å². The van der Waals surface area contributed by atoms with Crippen LogP contribution in [0.25, 0.3) is 0 Å². The first-order valence-corrected chi connectivity index (χ1v) is 4.38. The predicted molar refractivity (Wildman–Crippen MR) is 45.1 cm³/mol. The fourth-order valence-corrected chi connectivity index (χ4v) is 1.75. The third kappa shape index (κ3) is 1.98. The summed E-state index contributed by atoms with van der Waals surface area (Å²) in [6.45, 7) is 7.30. The van der Waals surface area contributed by atoms with Gasteiger partial charge in [-0.15, -0.1) is 0 Å². The van der Waals surface area contributed by atoms with Crippen molar-refractivity contribution in [2.75, 3.05) is 20.1 Å². The maximum absolute atomic E-state index is 2.45. The van der Waals surface area contributed by atoms with Crippen LogP contribution >= 0.6 is 0 Å². The summed E-state index contributed by atoms with van der Waals surface area (Å²) in [6, 6.07) is 0. The van der Waals surface area contributed by atoms with E-state index in [0.717, 1.165) is 11.8 Å². The van der Waals surface area contributed by atoms with Crippen molar-refractivity contribution >= 4 is 0 Å². The van der Waals surface area contributed by atoms with E-state index >= 15 is 0 Å². The Morgan fingerprint density at radius 1 is 1.40 bits per heavy atom. The van der Waals surface area contributed by atoms with Gasteiger partial charge in [-0.1, -0.05) is 13.8 Å². The second-order valence-electron chi connectivity index (χ2n) is 3.91. The number of piperidine rings is 1. The summed E-state index contributed by atoms with van der Waals surface area (Å²) in [6.07, 6.45) is 2.85. The van der Waals surface area contributed by atoms with Crippen LogP contribution in [0.2, 0.25) is 0 Å². The molecule has 0 aromatic heterocycles. The second-order valence-corrected chi connectivity index (χ2v) is 3.91. The summed E-state index contributed by atoms with van der Waals surface area (Å²) in [7, 11) is 2.23. The molecule has 0 N–H and O–H groups in total. The average molecular weight is 141 g/mol. The topological polar surface area (TPSA) is 3.24 Å². The molecule has 1 fully saturated rings. The molecule has 1 aliphatic heterocycles. The molecule has 0 aromatic carbocycles. The Labute approximate surface area is 64.4 Å². The Morgan fingerprint density at radius 3 is 2.50 bits per heavy atom. The molecular formula is C9H19N. The van der Waals surface area contributed by atoms with E-state index in [4.69, 9.17) is 0 Å². The average Bonchev–Trinajstić information content (AvgIpc) is 1.88. The normalized spacial score (nSPS) is 29.4. The van der Waals surface area contributed by atoms with Gasteiger partial charge in [0.1, 0.15) is 0 Å². The van der Waals surface area contributed by atoms with Crippen molar-refractivity contribution in [1.82, 2.24) is 4.90 Å². The van der Waals surface area contributed by atoms with Crippen LogP contribution in [0.3, 0.4) is 0 Å². The van der Waals surface area contributed by atoms with E-state index in [9.17, 15) is 0 Å². The largest absolute Gasteiger partial charge is 0.306 e. The van der Waals surface area contributed by atoms with Crippen molar-refractivity contribution in [2.45, 2.75) is 26.7 Å². The number of hydrogen-bond acceptors (Lipinski definition) is 1. The molecule has 0 bridgehead atoms. The van der Waals surface area contributed by atoms with E-state index in [1.807, 2.05) is 0 Å². The lowest BCUT2D eigenvalue weighted by molar-refractivity contribution is 0.173. The zero-order valence-electron chi connectivity index (χ0n) is 7.43. The van der Waals surface area contributed by atoms with Gasteiger partial charge in [-0.25, -0.2) is 0 Å². The molecule has 0 amide bonds. The van der Waals surface area contributed by atoms with Crippen LogP contribution in [-0.2, 0) is 0 Å². The van der Waals surface area contributed by atoms with Crippen LogP contribution in [0.5, 0.6) is 0 Å². The van der Waals surface area contributed by atoms with Crippen molar-refractivity contribution in [3.63, 3.8) is 0 Å². The lowest BCUT2D eigenvalue weighted by Crippen LogP contribution is -2.34. The minimum absolute atomic E-state index is 0.878. The molecule has 0 aliphatic carbocycles. The summed E-state index contributed by atoms with van der Waals surface area (Å²) in [5, 5.41) is 0. The van der Waals surface area contributed by atoms with Crippen molar-refractivity contribution in [2.24, 2.45) is 11.8 Å². The fourth-order valence-electron chi connectivity index (χ4n) is 1.75. The Hall–Kier alpha value is -0.0400. The minimum Gasteiger partial charge on any atom is -0.306 e. The molecule has 0 saturated carbocycles. The molecule has 0 radical (unpaired) electrons. The van der Waals surface area contributed by atoms with Crippen LogP contribution < -0.4 is 0 Å². The van der Waals surface area contributed by atoms with Gasteiger partial charge in [-0.05, 0) is 38.3 Å². The third-order valence-electron chi connectivity index (χ3n) is 2.60. The highest BCUT2D eigenvalue weighted by molar-refractivity contribution is 4.72. The smallest absolute Gasteiger partial charge is 0.000906 e. The molecule has 0 spiro atoms. The Kier molecular flexibility index (Phi) is 2.72. The zero-order chi connectivity index (χ0) is 7.56. The Bertz CT molecular complexity index is 98.9. The third-order valence-corrected chi connectivity index (χ3v) is 2.60. The number of likely N-dealkylation sites (tertiary alicyclic amines) is 1. The molecule has 1 heterocycles. The first-order chi connectivity index (χ1) is 4.70. The molecule has 1 aliphatic rings. The number of rotatable bonds is 1. The van der Waals surface area contributed by atoms with E-state index in [0.29, 0.717) is 0 Å². The molecule has 10 heavy (non-hydrogen) atoms. The summed E-state index contributed by atoms with van der Waals surface area (Å²) in [5.41, 5.74) is 0. The van der Waals surface area contributed by atoms with Gasteiger partial charge in [0, 0.05) is 6.54 Å². The molecule has 1 heteroatoms. The molecule has 60 valence electrons. The molecule has 1 rings (SSSR count). The first kappa shape index (κ1) is 8.06. The van der Waals surface area contributed by atoms with Crippen molar-refractivity contribution in [1.29, 1.82) is 0 Å². The van der Waals surface area contributed by atoms with Crippen LogP contribution in [0.15, 0.2) is 0 Å². The van der Waals surface area contributed by atoms with Crippen molar-refractivity contribution in [3.05, 3.63) is 0 Å². The quantitative estimate of drug-likeness (QED) is 0.540. The maximum Gasteiger partial charge on any atom is 0.000906 e. The minimum atomic E-state index is 0.878. The van der Waals surface area contributed by atoms with E-state index in [-0.39, 0.29) is 0 Å². The molecule has 1 saturated heterocycles. The van der Waals surface area contributed by atoms with Gasteiger partial charge < -0.3 is 4.90 Å². The number of hydrogen-bond donors (Lipinski definition) is 0. The second kappa shape index (κ2) is 3.38. The van der Waals surface area contributed by atoms with Crippen LogP contribution in [-0.4, -0.2) is 25.0 Å². The highest BCUT2D eigenvalue weighted by Crippen LogP contribution is 2.21. The lowest BCUT2D eigenvalue weighted by Gasteiger charge is -2.31. The summed E-state index contributed by atoms with van der Waals surface area (Å²) in [5.74, 6) is 1.83. The zero-order valence-corrected chi connectivity index (χ0v) is 7.43. The van der Waals surface area contributed by atoms with Gasteiger partial charge in [0.25, 0.3) is 0 Å². The van der Waals surface area contributed by atoms with Gasteiger partial charge in [-0.3, -0.25) is 0 Å². The van der Waals surface area contributed by atoms with Gasteiger partial charge >= 0.3 is 0 Å². The molecule has 0 aromatic rings. The highest BCUT2D eigenvalue weighted by atomic mass is 15.1. The lowest BCUT2D eigenvalue weighted by atomic mass is 9.88. The summed E-state index contributed by atoms with van der Waals surface area (Å²) >= 11 is 0. The van der Waals surface area contributed by atoms with E-state index in [1.165, 1.54) is 25.9 Å². The van der Waals surface area contributed by atoms with Crippen LogP contribution in [0.4, 0.5) is 0 Å². The predicted octanol–water partition coefficient (Wildman–Crippen LogP) is 1.98. The van der Waals surface area contributed by atoms with Gasteiger partial charge in [0.05, 0.1) is 0 Å². The van der Waals surface area contributed by atoms with Gasteiger partial charge in [0.2, 0.25) is 0 Å². The highest BCUT2D eigenvalue weighted by Gasteiger charge is 2.19. The van der Waals surface area contributed by atoms with E-state index in [1.54, 1.807) is 0 Å². The van der Waals surface area contributed by atoms with Crippen molar-refractivity contribution in [3.8, 4) is 0 Å². The van der Waals surface area contributed by atoms with E-state index in [2.05, 4.69) is 25.8 Å². The summed E-state index contributed by atoms with van der Waals surface area (Å²) < 4.78 is 0. The molecule has 1 atom stereocenters.